The van der Waals surface area contributed by atoms with Gasteiger partial charge in [0, 0.05) is 16.1 Å². The van der Waals surface area contributed by atoms with E-state index in [-0.39, 0.29) is 6.10 Å². The van der Waals surface area contributed by atoms with Crippen LogP contribution in [0, 0.1) is 0 Å². The first-order valence-corrected chi connectivity index (χ1v) is 12.7. The Labute approximate surface area is 226 Å². The van der Waals surface area contributed by atoms with Crippen molar-refractivity contribution in [1.82, 2.24) is 4.90 Å². The van der Waals surface area contributed by atoms with E-state index in [0.29, 0.717) is 44.9 Å². The van der Waals surface area contributed by atoms with Gasteiger partial charge in [0.15, 0.2) is 5.00 Å². The maximum absolute atomic E-state index is 12.7. The van der Waals surface area contributed by atoms with Gasteiger partial charge in [0.25, 0.3) is 0 Å². The molecule has 2 atom stereocenters. The Bertz CT molecular complexity index is 1280. The Hall–Kier alpha value is -2.73. The second-order valence-corrected chi connectivity index (χ2v) is 10.2. The fourth-order valence-electron chi connectivity index (χ4n) is 4.63. The van der Waals surface area contributed by atoms with Crippen LogP contribution in [-0.4, -0.2) is 30.4 Å². The lowest BCUT2D eigenvalue weighted by atomic mass is 9.77. The first-order chi connectivity index (χ1) is 17.2. The summed E-state index contributed by atoms with van der Waals surface area (Å²) in [6.45, 7) is 5.83. The minimum Gasteiger partial charge on any atom is -0.497 e. The van der Waals surface area contributed by atoms with E-state index in [1.54, 1.807) is 55.6 Å². The van der Waals surface area contributed by atoms with Gasteiger partial charge >= 0.3 is 6.41 Å². The highest BCUT2D eigenvalue weighted by Crippen LogP contribution is 2.57. The molecule has 4 rings (SSSR count). The van der Waals surface area contributed by atoms with Gasteiger partial charge in [-0.3, -0.25) is 14.7 Å². The van der Waals surface area contributed by atoms with Crippen LogP contribution < -0.4 is 9.47 Å². The Morgan fingerprint density at radius 1 is 0.972 bits per heavy atom. The molecule has 0 saturated heterocycles. The molecule has 3 aromatic carbocycles. The van der Waals surface area contributed by atoms with Gasteiger partial charge in [0.05, 0.1) is 18.8 Å². The highest BCUT2D eigenvalue weighted by Gasteiger charge is 2.62. The molecule has 0 fully saturated rings. The first kappa shape index (κ1) is 26.3. The summed E-state index contributed by atoms with van der Waals surface area (Å²) in [5.74, 6) is 1.47. The highest BCUT2D eigenvalue weighted by molar-refractivity contribution is 6.31. The number of hydrogen-bond donors (Lipinski definition) is 0. The van der Waals surface area contributed by atoms with Gasteiger partial charge in [0.1, 0.15) is 22.9 Å². The minimum atomic E-state index is -1.45. The Kier molecular flexibility index (Phi) is 7.56. The fraction of sp³-hybridized carbons (Fsp3) is 0.286. The monoisotopic (exact) mass is 543 g/mol. The second-order valence-electron chi connectivity index (χ2n) is 8.74. The molecule has 0 unspecified atom stereocenters. The number of rotatable bonds is 8. The normalized spacial score (nSPS) is 21.4. The van der Waals surface area contributed by atoms with Crippen molar-refractivity contribution in [3.63, 3.8) is 0 Å². The molecular weight excluding hydrogens is 519 g/mol. The summed E-state index contributed by atoms with van der Waals surface area (Å²) in [4.78, 5) is 17.8. The lowest BCUT2D eigenvalue weighted by Crippen LogP contribution is -2.51. The van der Waals surface area contributed by atoms with E-state index < -0.39 is 10.5 Å². The van der Waals surface area contributed by atoms with Crippen molar-refractivity contribution in [3.8, 4) is 11.5 Å². The van der Waals surface area contributed by atoms with Crippen LogP contribution in [0.5, 0.6) is 11.5 Å². The summed E-state index contributed by atoms with van der Waals surface area (Å²) in [6.07, 6.45) is 2.41. The molecule has 1 amide bonds. The number of hydrogen-bond acceptors (Lipinski definition) is 4. The molecule has 1 aliphatic rings. The van der Waals surface area contributed by atoms with Crippen LogP contribution >= 0.6 is 34.8 Å². The molecular formula is C28H26Cl3N2O3. The number of ether oxygens (including phenoxy) is 2. The van der Waals surface area contributed by atoms with Gasteiger partial charge in [-0.1, -0.05) is 66.0 Å². The summed E-state index contributed by atoms with van der Waals surface area (Å²) in [7, 11) is 1.58. The molecule has 0 saturated carbocycles. The van der Waals surface area contributed by atoms with Gasteiger partial charge in [-0.2, -0.15) is 0 Å². The SMILES string of the molecule is CC[C@@]1(c2ccc(Cl)cc2)N=C(c2ccc(OC)cc2OC(C)C)N([C]=O)[C@@]1(Cl)c1ccc(Cl)cc1. The maximum Gasteiger partial charge on any atom is 0.320 e. The summed E-state index contributed by atoms with van der Waals surface area (Å²) in [5, 5.41) is 1.14. The van der Waals surface area contributed by atoms with E-state index in [0.717, 1.165) is 5.56 Å². The molecule has 5 nitrogen and oxygen atoms in total. The molecule has 3 aromatic rings. The van der Waals surface area contributed by atoms with E-state index in [2.05, 4.69) is 6.41 Å². The average molecular weight is 545 g/mol. The third-order valence-electron chi connectivity index (χ3n) is 6.31. The summed E-state index contributed by atoms with van der Waals surface area (Å²) < 4.78 is 11.5. The van der Waals surface area contributed by atoms with E-state index in [4.69, 9.17) is 49.3 Å². The zero-order chi connectivity index (χ0) is 26.1. The lowest BCUT2D eigenvalue weighted by Gasteiger charge is -2.42. The Morgan fingerprint density at radius 3 is 2.06 bits per heavy atom. The zero-order valence-electron chi connectivity index (χ0n) is 20.4. The molecule has 0 N–H and O–H groups in total. The minimum absolute atomic E-state index is 0.129. The smallest absolute Gasteiger partial charge is 0.320 e. The second kappa shape index (κ2) is 10.3. The number of carbonyl (C=O) groups excluding carboxylic acids is 1. The van der Waals surface area contributed by atoms with Gasteiger partial charge < -0.3 is 9.47 Å². The van der Waals surface area contributed by atoms with Crippen LogP contribution in [0.15, 0.2) is 71.7 Å². The van der Waals surface area contributed by atoms with Gasteiger partial charge in [0.2, 0.25) is 0 Å². The quantitative estimate of drug-likeness (QED) is 0.221. The van der Waals surface area contributed by atoms with Crippen molar-refractivity contribution < 1.29 is 14.3 Å². The number of methoxy groups -OCH3 is 1. The van der Waals surface area contributed by atoms with Crippen LogP contribution in [0.25, 0.3) is 0 Å². The van der Waals surface area contributed by atoms with Crippen LogP contribution in [0.4, 0.5) is 0 Å². The molecule has 0 spiro atoms. The number of halogens is 3. The maximum atomic E-state index is 12.7. The van der Waals surface area contributed by atoms with Gasteiger partial charge in [-0.05, 0) is 67.8 Å². The third-order valence-corrected chi connectivity index (χ3v) is 7.51. The number of nitrogens with zero attached hydrogens (tertiary/aromatic N) is 2. The molecule has 0 aromatic heterocycles. The van der Waals surface area contributed by atoms with Crippen molar-refractivity contribution in [2.75, 3.05) is 7.11 Å². The molecule has 187 valence electrons. The van der Waals surface area contributed by atoms with Crippen LogP contribution in [0.3, 0.4) is 0 Å². The zero-order valence-corrected chi connectivity index (χ0v) is 22.7. The molecule has 1 heterocycles. The largest absolute Gasteiger partial charge is 0.497 e. The Balaban J connectivity index is 2.04. The average Bonchev–Trinajstić information content (AvgIpc) is 3.13. The summed E-state index contributed by atoms with van der Waals surface area (Å²) in [5.41, 5.74) is 0.965. The van der Waals surface area contributed by atoms with E-state index in [1.807, 2.05) is 39.0 Å². The third kappa shape index (κ3) is 4.34. The summed E-state index contributed by atoms with van der Waals surface area (Å²) >= 11 is 20.0. The van der Waals surface area contributed by atoms with Crippen LogP contribution in [0.2, 0.25) is 10.0 Å². The van der Waals surface area contributed by atoms with E-state index in [9.17, 15) is 4.79 Å². The van der Waals surface area contributed by atoms with Gasteiger partial charge in [-0.25, -0.2) is 0 Å². The lowest BCUT2D eigenvalue weighted by molar-refractivity contribution is 0.230. The van der Waals surface area contributed by atoms with Crippen LogP contribution in [-0.2, 0) is 15.3 Å². The first-order valence-electron chi connectivity index (χ1n) is 11.5. The topological polar surface area (TPSA) is 51.1 Å². The van der Waals surface area contributed by atoms with E-state index in [1.165, 1.54) is 4.90 Å². The van der Waals surface area contributed by atoms with Crippen molar-refractivity contribution in [3.05, 3.63) is 93.5 Å². The van der Waals surface area contributed by atoms with Crippen molar-refractivity contribution in [2.45, 2.75) is 43.8 Å². The molecule has 1 radical (unpaired) electrons. The van der Waals surface area contributed by atoms with Crippen LogP contribution in [0.1, 0.15) is 43.9 Å². The molecule has 0 bridgehead atoms. The van der Waals surface area contributed by atoms with E-state index >= 15 is 0 Å². The Morgan fingerprint density at radius 2 is 1.56 bits per heavy atom. The molecule has 36 heavy (non-hydrogen) atoms. The molecule has 8 heteroatoms. The number of benzene rings is 3. The van der Waals surface area contributed by atoms with Crippen molar-refractivity contribution in [2.24, 2.45) is 4.99 Å². The fourth-order valence-corrected chi connectivity index (χ4v) is 5.40. The predicted octanol–water partition coefficient (Wildman–Crippen LogP) is 7.32. The standard InChI is InChI=1S/C28H26Cl3N2O3/c1-5-27(19-6-10-21(29)11-7-19)28(31,20-8-12-22(30)13-9-20)33(17-34)26(32-27)24-15-14-23(35-4)16-25(24)36-18(2)3/h6-16,18H,5H2,1-4H3/t27-,28-/m0/s1. The number of alkyl halides is 1. The van der Waals surface area contributed by atoms with Crippen molar-refractivity contribution >= 4 is 47.0 Å². The number of amides is 1. The number of amidine groups is 1. The predicted molar refractivity (Wildman–Crippen MR) is 145 cm³/mol. The highest BCUT2D eigenvalue weighted by atomic mass is 35.5. The molecule has 0 aliphatic carbocycles. The molecule has 1 aliphatic heterocycles. The number of aliphatic imine (C=N–C) groups is 1. The summed E-state index contributed by atoms with van der Waals surface area (Å²) in [6, 6.07) is 19.8. The van der Waals surface area contributed by atoms with Gasteiger partial charge in [-0.15, -0.1) is 0 Å². The van der Waals surface area contributed by atoms with Crippen molar-refractivity contribution in [1.29, 1.82) is 0 Å².